The van der Waals surface area contributed by atoms with Gasteiger partial charge in [-0.05, 0) is 43.9 Å². The third-order valence-electron chi connectivity index (χ3n) is 4.40. The molecule has 6 nitrogen and oxygen atoms in total. The van der Waals surface area contributed by atoms with E-state index >= 15 is 0 Å². The number of nitrogens with zero attached hydrogens (tertiary/aromatic N) is 2. The smallest absolute Gasteiger partial charge is 0.354 e. The number of thiol groups is 1. The molecule has 0 bridgehead atoms. The Balaban J connectivity index is 1.63. The summed E-state index contributed by atoms with van der Waals surface area (Å²) < 4.78 is 6.20. The van der Waals surface area contributed by atoms with Crippen molar-refractivity contribution in [2.45, 2.75) is 43.3 Å². The Morgan fingerprint density at radius 1 is 1.32 bits per heavy atom. The number of aromatic carboxylic acids is 1. The number of carboxylic acids is 1. The topological polar surface area (TPSA) is 84.3 Å². The van der Waals surface area contributed by atoms with Gasteiger partial charge in [0.2, 0.25) is 0 Å². The van der Waals surface area contributed by atoms with Gasteiger partial charge in [-0.3, -0.25) is 0 Å². The van der Waals surface area contributed by atoms with Crippen molar-refractivity contribution in [2.24, 2.45) is 0 Å². The molecule has 0 saturated carbocycles. The van der Waals surface area contributed by atoms with Crippen molar-refractivity contribution in [1.29, 1.82) is 0 Å². The van der Waals surface area contributed by atoms with Crippen molar-refractivity contribution < 1.29 is 14.6 Å². The average molecular weight is 359 g/mol. The molecule has 3 rings (SSSR count). The van der Waals surface area contributed by atoms with Crippen LogP contribution in [-0.4, -0.2) is 33.7 Å². The van der Waals surface area contributed by atoms with Gasteiger partial charge in [-0.2, -0.15) is 0 Å². The van der Waals surface area contributed by atoms with Crippen LogP contribution in [0.1, 0.15) is 47.0 Å². The maximum Gasteiger partial charge on any atom is 0.354 e. The van der Waals surface area contributed by atoms with E-state index in [0.717, 1.165) is 29.7 Å². The van der Waals surface area contributed by atoms with E-state index in [2.05, 4.69) is 40.0 Å². The number of hydrogen-bond donors (Lipinski definition) is 3. The van der Waals surface area contributed by atoms with Crippen LogP contribution < -0.4 is 5.32 Å². The zero-order valence-electron chi connectivity index (χ0n) is 14.0. The molecule has 0 spiro atoms. The number of aromatic nitrogens is 2. The van der Waals surface area contributed by atoms with Crippen LogP contribution >= 0.6 is 12.6 Å². The monoisotopic (exact) mass is 359 g/mol. The zero-order valence-corrected chi connectivity index (χ0v) is 14.9. The summed E-state index contributed by atoms with van der Waals surface area (Å²) in [6.07, 6.45) is 4.44. The molecule has 0 unspecified atom stereocenters. The third-order valence-corrected chi connectivity index (χ3v) is 4.70. The van der Waals surface area contributed by atoms with Gasteiger partial charge in [0, 0.05) is 17.0 Å². The molecule has 2 atom stereocenters. The zero-order chi connectivity index (χ0) is 17.8. The molecule has 25 heavy (non-hydrogen) atoms. The highest BCUT2D eigenvalue weighted by molar-refractivity contribution is 7.80. The lowest BCUT2D eigenvalue weighted by Crippen LogP contribution is -2.29. The van der Waals surface area contributed by atoms with E-state index in [-0.39, 0.29) is 17.9 Å². The van der Waals surface area contributed by atoms with E-state index < -0.39 is 5.97 Å². The highest BCUT2D eigenvalue weighted by atomic mass is 32.1. The van der Waals surface area contributed by atoms with Crippen molar-refractivity contribution in [3.63, 3.8) is 0 Å². The number of carbonyl (C=O) groups is 1. The Morgan fingerprint density at radius 3 is 2.80 bits per heavy atom. The Labute approximate surface area is 152 Å². The van der Waals surface area contributed by atoms with Gasteiger partial charge in [0.15, 0.2) is 5.69 Å². The maximum absolute atomic E-state index is 11.2. The molecule has 132 valence electrons. The predicted octanol–water partition coefficient (Wildman–Crippen LogP) is 3.49. The summed E-state index contributed by atoms with van der Waals surface area (Å²) in [5, 5.41) is 12.3. The summed E-state index contributed by atoms with van der Waals surface area (Å²) in [6.45, 7) is 2.29. The lowest BCUT2D eigenvalue weighted by molar-refractivity contribution is -0.0442. The van der Waals surface area contributed by atoms with E-state index in [0.29, 0.717) is 17.9 Å². The minimum atomic E-state index is -1.05. The van der Waals surface area contributed by atoms with Crippen molar-refractivity contribution in [3.8, 4) is 0 Å². The van der Waals surface area contributed by atoms with Crippen LogP contribution in [0, 0.1) is 6.92 Å². The summed E-state index contributed by atoms with van der Waals surface area (Å²) in [5.41, 5.74) is 1.72. The first-order valence-electron chi connectivity index (χ1n) is 8.27. The quantitative estimate of drug-likeness (QED) is 0.709. The molecule has 2 N–H and O–H groups in total. The van der Waals surface area contributed by atoms with Crippen molar-refractivity contribution >= 4 is 24.4 Å². The van der Waals surface area contributed by atoms with Crippen LogP contribution in [-0.2, 0) is 4.74 Å². The molecule has 1 fully saturated rings. The maximum atomic E-state index is 11.2. The second kappa shape index (κ2) is 7.84. The van der Waals surface area contributed by atoms with Gasteiger partial charge in [-0.15, -0.1) is 12.6 Å². The van der Waals surface area contributed by atoms with Gasteiger partial charge in [0.05, 0.1) is 12.2 Å². The molecule has 1 aliphatic heterocycles. The number of anilines is 1. The number of benzene rings is 1. The second-order valence-electron chi connectivity index (χ2n) is 6.15. The Kier molecular flexibility index (Phi) is 5.55. The molecule has 1 saturated heterocycles. The van der Waals surface area contributed by atoms with Crippen LogP contribution in [0.25, 0.3) is 0 Å². The summed E-state index contributed by atoms with van der Waals surface area (Å²) in [4.78, 5) is 20.0. The first-order valence-corrected chi connectivity index (χ1v) is 8.72. The summed E-state index contributed by atoms with van der Waals surface area (Å²) in [7, 11) is 0. The fraction of sp³-hybridized carbons (Fsp3) is 0.389. The van der Waals surface area contributed by atoms with Crippen molar-refractivity contribution in [2.75, 3.05) is 11.9 Å². The van der Waals surface area contributed by atoms with Gasteiger partial charge in [0.25, 0.3) is 0 Å². The summed E-state index contributed by atoms with van der Waals surface area (Å²) >= 11 is 4.31. The molecule has 2 heterocycles. The molecule has 1 aromatic carbocycles. The first-order chi connectivity index (χ1) is 12.0. The van der Waals surface area contributed by atoms with Crippen LogP contribution in [0.3, 0.4) is 0 Å². The van der Waals surface area contributed by atoms with Crippen molar-refractivity contribution in [1.82, 2.24) is 9.97 Å². The van der Waals surface area contributed by atoms with E-state index in [4.69, 9.17) is 9.84 Å². The van der Waals surface area contributed by atoms with E-state index in [9.17, 15) is 4.79 Å². The largest absolute Gasteiger partial charge is 0.476 e. The number of nitrogens with one attached hydrogen (secondary N) is 1. The van der Waals surface area contributed by atoms with Crippen LogP contribution in [0.15, 0.2) is 35.5 Å². The molecule has 2 aromatic rings. The lowest BCUT2D eigenvalue weighted by atomic mass is 9.98. The Hall–Kier alpha value is -2.12. The van der Waals surface area contributed by atoms with Crippen LogP contribution in [0.4, 0.5) is 5.82 Å². The standard InChI is InChI=1S/C18H21N3O3S/c1-11-16(18(22)23)20-10-21-17(11)19-9-13-3-2-4-15(24-13)12-5-7-14(25)8-6-12/h5-8,10,13,15,25H,2-4,9H2,1H3,(H,22,23)(H,19,20,21)/t13-,15+/m1/s1. The van der Waals surface area contributed by atoms with Gasteiger partial charge in [-0.25, -0.2) is 14.8 Å². The van der Waals surface area contributed by atoms with Gasteiger partial charge >= 0.3 is 5.97 Å². The highest BCUT2D eigenvalue weighted by Crippen LogP contribution is 2.31. The minimum absolute atomic E-state index is 0.0202. The molecule has 0 aliphatic carbocycles. The van der Waals surface area contributed by atoms with Crippen molar-refractivity contribution in [3.05, 3.63) is 47.4 Å². The number of carboxylic acid groups (broad SMARTS) is 1. The fourth-order valence-corrected chi connectivity index (χ4v) is 3.19. The molecule has 0 amide bonds. The summed E-state index contributed by atoms with van der Waals surface area (Å²) in [5.74, 6) is -0.512. The van der Waals surface area contributed by atoms with Gasteiger partial charge in [-0.1, -0.05) is 12.1 Å². The average Bonchev–Trinajstić information content (AvgIpc) is 2.61. The van der Waals surface area contributed by atoms with E-state index in [1.807, 2.05) is 12.1 Å². The molecular formula is C18H21N3O3S. The van der Waals surface area contributed by atoms with Crippen LogP contribution in [0.5, 0.6) is 0 Å². The summed E-state index contributed by atoms with van der Waals surface area (Å²) in [6, 6.07) is 8.05. The second-order valence-corrected chi connectivity index (χ2v) is 6.67. The molecule has 1 aliphatic rings. The van der Waals surface area contributed by atoms with E-state index in [1.165, 1.54) is 6.33 Å². The number of rotatable bonds is 5. The normalized spacial score (nSPS) is 20.2. The SMILES string of the molecule is Cc1c(NC[C@H]2CCC[C@@H](c3ccc(S)cc3)O2)ncnc1C(=O)O. The molecule has 0 radical (unpaired) electrons. The fourth-order valence-electron chi connectivity index (χ4n) is 3.04. The van der Waals surface area contributed by atoms with Crippen LogP contribution in [0.2, 0.25) is 0 Å². The lowest BCUT2D eigenvalue weighted by Gasteiger charge is -2.31. The first kappa shape index (κ1) is 17.7. The van der Waals surface area contributed by atoms with E-state index in [1.54, 1.807) is 6.92 Å². The molecule has 7 heteroatoms. The molecular weight excluding hydrogens is 338 g/mol. The van der Waals surface area contributed by atoms with Gasteiger partial charge < -0.3 is 15.2 Å². The number of hydrogen-bond acceptors (Lipinski definition) is 6. The Bertz CT molecular complexity index is 752. The number of ether oxygens (including phenoxy) is 1. The minimum Gasteiger partial charge on any atom is -0.476 e. The third kappa shape index (κ3) is 4.29. The predicted molar refractivity (Wildman–Crippen MR) is 97.4 cm³/mol. The highest BCUT2D eigenvalue weighted by Gasteiger charge is 2.24. The van der Waals surface area contributed by atoms with Gasteiger partial charge in [0.1, 0.15) is 12.1 Å². The Morgan fingerprint density at radius 2 is 2.08 bits per heavy atom. The molecule has 1 aromatic heterocycles.